The highest BCUT2D eigenvalue weighted by molar-refractivity contribution is 5.91. The Morgan fingerprint density at radius 1 is 1.21 bits per heavy atom. The molecule has 0 radical (unpaired) electrons. The van der Waals surface area contributed by atoms with Gasteiger partial charge < -0.3 is 38.1 Å². The largest absolute Gasteiger partial charge is 0.464 e. The zero-order valence-electron chi connectivity index (χ0n) is 19.6. The highest BCUT2D eigenvalue weighted by Crippen LogP contribution is 2.31. The Kier molecular flexibility index (Phi) is 9.61. The van der Waals surface area contributed by atoms with E-state index in [1.165, 1.54) is 25.4 Å². The molecule has 1 amide bonds. The first kappa shape index (κ1) is 25.9. The van der Waals surface area contributed by atoms with Crippen LogP contribution in [0.1, 0.15) is 17.9 Å². The second-order valence-corrected chi connectivity index (χ2v) is 7.73. The average Bonchev–Trinajstić information content (AvgIpc) is 2.86. The van der Waals surface area contributed by atoms with Gasteiger partial charge in [-0.05, 0) is 18.2 Å². The van der Waals surface area contributed by atoms with Crippen molar-refractivity contribution in [1.29, 1.82) is 0 Å². The van der Waals surface area contributed by atoms with Gasteiger partial charge >= 0.3 is 0 Å². The number of hydrogen-bond donors (Lipinski definition) is 1. The number of nitrogens with zero attached hydrogens (tertiary/aromatic N) is 1. The van der Waals surface area contributed by atoms with E-state index in [2.05, 4.69) is 0 Å². The Morgan fingerprint density at radius 3 is 2.71 bits per heavy atom. The minimum absolute atomic E-state index is 0.0542. The van der Waals surface area contributed by atoms with Crippen LogP contribution in [0.5, 0.6) is 0 Å². The Hall–Kier alpha value is -2.76. The SMILES string of the molecule is COC(CN(C)C(=O)C1=C[C@@H](c2coc3ccccc3c2=O)C[C@@H](OCCOCCO)O1)OC. The van der Waals surface area contributed by atoms with Crippen molar-refractivity contribution in [3.8, 4) is 0 Å². The van der Waals surface area contributed by atoms with Gasteiger partial charge in [0.15, 0.2) is 17.5 Å². The van der Waals surface area contributed by atoms with E-state index >= 15 is 0 Å². The number of rotatable bonds is 12. The van der Waals surface area contributed by atoms with Crippen molar-refractivity contribution < 1.29 is 38.0 Å². The summed E-state index contributed by atoms with van der Waals surface area (Å²) in [5, 5.41) is 9.29. The summed E-state index contributed by atoms with van der Waals surface area (Å²) in [7, 11) is 4.57. The van der Waals surface area contributed by atoms with Crippen molar-refractivity contribution in [2.24, 2.45) is 0 Å². The molecular weight excluding hydrogens is 446 g/mol. The molecule has 0 spiro atoms. The summed E-state index contributed by atoms with van der Waals surface area (Å²) in [5.41, 5.74) is 0.725. The summed E-state index contributed by atoms with van der Waals surface area (Å²) < 4.78 is 32.9. The molecule has 10 nitrogen and oxygen atoms in total. The van der Waals surface area contributed by atoms with E-state index in [1.807, 2.05) is 0 Å². The van der Waals surface area contributed by atoms with Crippen LogP contribution in [0.3, 0.4) is 0 Å². The van der Waals surface area contributed by atoms with Gasteiger partial charge in [-0.3, -0.25) is 9.59 Å². The lowest BCUT2D eigenvalue weighted by molar-refractivity contribution is -0.161. The summed E-state index contributed by atoms with van der Waals surface area (Å²) in [6.45, 7) is 0.730. The summed E-state index contributed by atoms with van der Waals surface area (Å²) in [6, 6.07) is 7.00. The van der Waals surface area contributed by atoms with Crippen LogP contribution in [-0.4, -0.2) is 82.7 Å². The number of carbonyl (C=O) groups is 1. The molecular formula is C24H31NO9. The Morgan fingerprint density at radius 2 is 1.97 bits per heavy atom. The topological polar surface area (TPSA) is 117 Å². The summed E-state index contributed by atoms with van der Waals surface area (Å²) in [4.78, 5) is 27.7. The van der Waals surface area contributed by atoms with Crippen LogP contribution in [0.25, 0.3) is 11.0 Å². The lowest BCUT2D eigenvalue weighted by atomic mass is 9.93. The number of ether oxygens (including phenoxy) is 5. The number of carbonyl (C=O) groups excluding carboxylic acids is 1. The molecule has 1 aliphatic heterocycles. The van der Waals surface area contributed by atoms with E-state index in [9.17, 15) is 9.59 Å². The molecule has 0 bridgehead atoms. The monoisotopic (exact) mass is 477 g/mol. The fourth-order valence-electron chi connectivity index (χ4n) is 3.62. The van der Waals surface area contributed by atoms with Gasteiger partial charge in [-0.2, -0.15) is 0 Å². The number of likely N-dealkylation sites (N-methyl/N-ethyl adjacent to an activating group) is 1. The van der Waals surface area contributed by atoms with Gasteiger partial charge in [0.2, 0.25) is 6.29 Å². The van der Waals surface area contributed by atoms with Crippen molar-refractivity contribution >= 4 is 16.9 Å². The Balaban J connectivity index is 1.85. The van der Waals surface area contributed by atoms with Gasteiger partial charge in [-0.25, -0.2) is 0 Å². The smallest absolute Gasteiger partial charge is 0.288 e. The second-order valence-electron chi connectivity index (χ2n) is 7.73. The number of aliphatic hydroxyl groups is 1. The molecule has 34 heavy (non-hydrogen) atoms. The molecule has 10 heteroatoms. The molecule has 0 saturated heterocycles. The highest BCUT2D eigenvalue weighted by atomic mass is 16.7. The number of para-hydroxylation sites is 1. The molecule has 0 fully saturated rings. The van der Waals surface area contributed by atoms with Gasteiger partial charge in [0, 0.05) is 39.2 Å². The minimum Gasteiger partial charge on any atom is -0.464 e. The number of benzene rings is 1. The van der Waals surface area contributed by atoms with Crippen molar-refractivity contribution in [3.05, 3.63) is 58.2 Å². The van der Waals surface area contributed by atoms with Crippen LogP contribution in [0.4, 0.5) is 0 Å². The summed E-state index contributed by atoms with van der Waals surface area (Å²) in [5.74, 6) is -0.816. The molecule has 2 heterocycles. The van der Waals surface area contributed by atoms with Crippen LogP contribution in [0, 0.1) is 0 Å². The van der Waals surface area contributed by atoms with Crippen LogP contribution >= 0.6 is 0 Å². The molecule has 1 N–H and O–H groups in total. The molecule has 2 atom stereocenters. The maximum absolute atomic E-state index is 13.2. The molecule has 1 aromatic heterocycles. The fraction of sp³-hybridized carbons (Fsp3) is 0.500. The van der Waals surface area contributed by atoms with Crippen LogP contribution < -0.4 is 5.43 Å². The van der Waals surface area contributed by atoms with Gasteiger partial charge in [0.05, 0.1) is 44.6 Å². The number of aliphatic hydroxyl groups excluding tert-OH is 1. The van der Waals surface area contributed by atoms with Crippen molar-refractivity contribution in [2.45, 2.75) is 24.9 Å². The van der Waals surface area contributed by atoms with Gasteiger partial charge in [0.1, 0.15) is 5.58 Å². The third kappa shape index (κ3) is 6.43. The lowest BCUT2D eigenvalue weighted by Gasteiger charge is -2.31. The quantitative estimate of drug-likeness (QED) is 0.359. The van der Waals surface area contributed by atoms with Gasteiger partial charge in [-0.1, -0.05) is 12.1 Å². The normalized spacial score (nSPS) is 18.1. The Bertz CT molecular complexity index is 1030. The molecule has 0 saturated carbocycles. The molecule has 0 unspecified atom stereocenters. The van der Waals surface area contributed by atoms with Crippen molar-refractivity contribution in [2.75, 3.05) is 54.2 Å². The maximum atomic E-state index is 13.2. The predicted octanol–water partition coefficient (Wildman–Crippen LogP) is 1.61. The van der Waals surface area contributed by atoms with E-state index in [4.69, 9.17) is 33.2 Å². The first-order chi connectivity index (χ1) is 16.5. The van der Waals surface area contributed by atoms with Crippen molar-refractivity contribution in [3.63, 3.8) is 0 Å². The summed E-state index contributed by atoms with van der Waals surface area (Å²) in [6.07, 6.45) is 1.97. The molecule has 0 aliphatic carbocycles. The van der Waals surface area contributed by atoms with Crippen LogP contribution in [-0.2, 0) is 28.5 Å². The summed E-state index contributed by atoms with van der Waals surface area (Å²) >= 11 is 0. The maximum Gasteiger partial charge on any atom is 0.288 e. The molecule has 2 aromatic rings. The van der Waals surface area contributed by atoms with Gasteiger partial charge in [0.25, 0.3) is 5.91 Å². The Labute approximate surface area is 197 Å². The molecule has 3 rings (SSSR count). The zero-order valence-corrected chi connectivity index (χ0v) is 19.6. The van der Waals surface area contributed by atoms with E-state index in [0.29, 0.717) is 23.0 Å². The van der Waals surface area contributed by atoms with E-state index in [0.717, 1.165) is 0 Å². The first-order valence-corrected chi connectivity index (χ1v) is 11.0. The number of allylic oxidation sites excluding steroid dienone is 1. The van der Waals surface area contributed by atoms with Gasteiger partial charge in [-0.15, -0.1) is 0 Å². The van der Waals surface area contributed by atoms with Crippen LogP contribution in [0.15, 0.2) is 51.6 Å². The number of fused-ring (bicyclic) bond motifs is 1. The highest BCUT2D eigenvalue weighted by Gasteiger charge is 2.32. The second kappa shape index (κ2) is 12.6. The predicted molar refractivity (Wildman–Crippen MR) is 122 cm³/mol. The zero-order chi connectivity index (χ0) is 24.5. The molecule has 1 aromatic carbocycles. The van der Waals surface area contributed by atoms with E-state index in [1.54, 1.807) is 37.4 Å². The lowest BCUT2D eigenvalue weighted by Crippen LogP contribution is -2.39. The number of amides is 1. The third-order valence-corrected chi connectivity index (χ3v) is 5.44. The third-order valence-electron chi connectivity index (χ3n) is 5.44. The average molecular weight is 478 g/mol. The van der Waals surface area contributed by atoms with E-state index < -0.39 is 24.4 Å². The number of methoxy groups -OCH3 is 2. The van der Waals surface area contributed by atoms with Crippen molar-refractivity contribution in [1.82, 2.24) is 4.90 Å². The first-order valence-electron chi connectivity index (χ1n) is 11.0. The number of hydrogen-bond acceptors (Lipinski definition) is 9. The molecule has 1 aliphatic rings. The molecule has 186 valence electrons. The standard InChI is InChI=1S/C24H31NO9/c1-25(14-22(29-2)30-3)24(28)20-12-16(13-21(34-20)32-11-10-31-9-8-26)18-15-33-19-7-5-4-6-17(19)23(18)27/h4-7,12,15-16,21-22,26H,8-11,13-14H2,1-3H3/t16-,21+/m1/s1. The fourth-order valence-corrected chi connectivity index (χ4v) is 3.62. The van der Waals surface area contributed by atoms with Crippen LogP contribution in [0.2, 0.25) is 0 Å². The minimum atomic E-state index is -0.786. The van der Waals surface area contributed by atoms with E-state index in [-0.39, 0.29) is 44.2 Å².